The Morgan fingerprint density at radius 1 is 1.19 bits per heavy atom. The van der Waals surface area contributed by atoms with Crippen molar-refractivity contribution in [3.05, 3.63) is 51.8 Å². The van der Waals surface area contributed by atoms with E-state index in [1.165, 1.54) is 18.7 Å². The molecule has 1 unspecified atom stereocenters. The number of nitrogens with zero attached hydrogens (tertiary/aromatic N) is 2. The Morgan fingerprint density at radius 2 is 1.85 bits per heavy atom. The van der Waals surface area contributed by atoms with E-state index in [9.17, 15) is 9.59 Å². The molecule has 2 aromatic heterocycles. The van der Waals surface area contributed by atoms with Crippen LogP contribution in [0.5, 0.6) is 0 Å². The maximum absolute atomic E-state index is 12.8. The summed E-state index contributed by atoms with van der Waals surface area (Å²) in [6, 6.07) is 7.05. The Morgan fingerprint density at radius 3 is 2.44 bits per heavy atom. The predicted octanol–water partition coefficient (Wildman–Crippen LogP) is 4.90. The van der Waals surface area contributed by atoms with E-state index in [4.69, 9.17) is 16.0 Å². The third-order valence-electron chi connectivity index (χ3n) is 4.18. The Kier molecular flexibility index (Phi) is 5.53. The van der Waals surface area contributed by atoms with Crippen molar-refractivity contribution in [2.24, 2.45) is 0 Å². The van der Waals surface area contributed by atoms with Crippen molar-refractivity contribution in [2.45, 2.75) is 38.2 Å². The minimum atomic E-state index is -0.458. The summed E-state index contributed by atoms with van der Waals surface area (Å²) < 4.78 is 5.64. The lowest BCUT2D eigenvalue weighted by Gasteiger charge is -2.07. The highest BCUT2D eigenvalue weighted by atomic mass is 35.5. The minimum Gasteiger partial charge on any atom is -0.411 e. The molecule has 1 atom stereocenters. The van der Waals surface area contributed by atoms with Crippen LogP contribution in [0.2, 0.25) is 5.02 Å². The highest BCUT2D eigenvalue weighted by Gasteiger charge is 2.25. The Balaban J connectivity index is 1.77. The normalized spacial score (nSPS) is 12.2. The molecule has 0 fully saturated rings. The van der Waals surface area contributed by atoms with Gasteiger partial charge in [0.15, 0.2) is 11.6 Å². The Bertz CT molecular complexity index is 1010. The molecule has 140 valence electrons. The fourth-order valence-corrected chi connectivity index (χ4v) is 3.77. The molecule has 3 rings (SSSR count). The average Bonchev–Trinajstić information content (AvgIpc) is 3.19. The van der Waals surface area contributed by atoms with Gasteiger partial charge in [-0.25, -0.2) is 0 Å². The standard InChI is InChI=1S/C19H18ClN3O3S/c1-9-15(11(3)24)10(2)21-16(9)17(25)12(4)27-19-23-22-18(26-19)13-5-7-14(20)8-6-13/h5-8,12,21H,1-4H3. The molecule has 0 bridgehead atoms. The second-order valence-electron chi connectivity index (χ2n) is 6.19. The van der Waals surface area contributed by atoms with Gasteiger partial charge in [-0.15, -0.1) is 10.2 Å². The summed E-state index contributed by atoms with van der Waals surface area (Å²) in [5, 5.41) is 8.48. The number of halogens is 1. The van der Waals surface area contributed by atoms with Gasteiger partial charge in [-0.05, 0) is 57.5 Å². The number of rotatable bonds is 6. The zero-order chi connectivity index (χ0) is 19.7. The number of hydrogen-bond acceptors (Lipinski definition) is 6. The van der Waals surface area contributed by atoms with E-state index in [0.29, 0.717) is 38.7 Å². The summed E-state index contributed by atoms with van der Waals surface area (Å²) in [5.74, 6) is 0.170. The maximum Gasteiger partial charge on any atom is 0.277 e. The van der Waals surface area contributed by atoms with Crippen LogP contribution in [0, 0.1) is 13.8 Å². The summed E-state index contributed by atoms with van der Waals surface area (Å²) >= 11 is 7.06. The number of nitrogens with one attached hydrogen (secondary N) is 1. The van der Waals surface area contributed by atoms with Crippen LogP contribution in [0.3, 0.4) is 0 Å². The quantitative estimate of drug-likeness (QED) is 0.465. The highest BCUT2D eigenvalue weighted by molar-refractivity contribution is 8.00. The van der Waals surface area contributed by atoms with Gasteiger partial charge in [-0.2, -0.15) is 0 Å². The molecule has 0 spiro atoms. The molecule has 0 radical (unpaired) electrons. The van der Waals surface area contributed by atoms with Crippen LogP contribution in [0.25, 0.3) is 11.5 Å². The number of ketones is 2. The molecular formula is C19H18ClN3O3S. The van der Waals surface area contributed by atoms with Crippen LogP contribution >= 0.6 is 23.4 Å². The molecule has 2 heterocycles. The first-order chi connectivity index (χ1) is 12.8. The molecule has 0 aliphatic rings. The van der Waals surface area contributed by atoms with Crippen LogP contribution in [0.15, 0.2) is 33.9 Å². The van der Waals surface area contributed by atoms with E-state index in [-0.39, 0.29) is 11.6 Å². The van der Waals surface area contributed by atoms with Crippen LogP contribution in [0.4, 0.5) is 0 Å². The van der Waals surface area contributed by atoms with E-state index in [1.54, 1.807) is 45.0 Å². The molecule has 0 amide bonds. The number of hydrogen-bond donors (Lipinski definition) is 1. The summed E-state index contributed by atoms with van der Waals surface area (Å²) in [7, 11) is 0. The van der Waals surface area contributed by atoms with Crippen LogP contribution in [-0.2, 0) is 0 Å². The number of benzene rings is 1. The molecule has 27 heavy (non-hydrogen) atoms. The van der Waals surface area contributed by atoms with E-state index < -0.39 is 5.25 Å². The van der Waals surface area contributed by atoms with Gasteiger partial charge in [-0.3, -0.25) is 9.59 Å². The number of carbonyl (C=O) groups excluding carboxylic acids is 2. The van der Waals surface area contributed by atoms with Crippen molar-refractivity contribution in [3.63, 3.8) is 0 Å². The second-order valence-corrected chi connectivity index (χ2v) is 7.91. The molecule has 0 saturated carbocycles. The predicted molar refractivity (Wildman–Crippen MR) is 105 cm³/mol. The molecule has 1 aromatic carbocycles. The third kappa shape index (κ3) is 3.99. The highest BCUT2D eigenvalue weighted by Crippen LogP contribution is 2.29. The average molecular weight is 404 g/mol. The smallest absolute Gasteiger partial charge is 0.277 e. The largest absolute Gasteiger partial charge is 0.411 e. The number of thioether (sulfide) groups is 1. The third-order valence-corrected chi connectivity index (χ3v) is 5.37. The topological polar surface area (TPSA) is 88.9 Å². The van der Waals surface area contributed by atoms with Gasteiger partial charge in [0.05, 0.1) is 10.9 Å². The summed E-state index contributed by atoms with van der Waals surface area (Å²) in [5.41, 5.74) is 3.13. The van der Waals surface area contributed by atoms with Crippen molar-refractivity contribution < 1.29 is 14.0 Å². The van der Waals surface area contributed by atoms with E-state index in [0.717, 1.165) is 5.56 Å². The number of aromatic nitrogens is 3. The SMILES string of the molecule is CC(=O)c1c(C)[nH]c(C(=O)C(C)Sc2nnc(-c3ccc(Cl)cc3)o2)c1C. The lowest BCUT2D eigenvalue weighted by molar-refractivity contribution is 0.0988. The van der Waals surface area contributed by atoms with Crippen molar-refractivity contribution in [1.29, 1.82) is 0 Å². The van der Waals surface area contributed by atoms with Gasteiger partial charge in [-0.1, -0.05) is 23.4 Å². The Hall–Kier alpha value is -2.38. The first-order valence-electron chi connectivity index (χ1n) is 8.28. The van der Waals surface area contributed by atoms with Gasteiger partial charge in [0.25, 0.3) is 5.22 Å². The van der Waals surface area contributed by atoms with Crippen LogP contribution < -0.4 is 0 Å². The summed E-state index contributed by atoms with van der Waals surface area (Å²) in [6.07, 6.45) is 0. The summed E-state index contributed by atoms with van der Waals surface area (Å²) in [4.78, 5) is 27.6. The number of carbonyl (C=O) groups is 2. The number of Topliss-reactive ketones (excluding diaryl/α,β-unsaturated/α-hetero) is 2. The molecular weight excluding hydrogens is 386 g/mol. The maximum atomic E-state index is 12.8. The number of H-pyrrole nitrogens is 1. The molecule has 0 aliphatic heterocycles. The first kappa shape index (κ1) is 19.4. The van der Waals surface area contributed by atoms with Crippen molar-refractivity contribution >= 4 is 34.9 Å². The van der Waals surface area contributed by atoms with Gasteiger partial charge >= 0.3 is 0 Å². The van der Waals surface area contributed by atoms with E-state index in [1.807, 2.05) is 0 Å². The molecule has 8 heteroatoms. The second kappa shape index (κ2) is 7.70. The fraction of sp³-hybridized carbons (Fsp3) is 0.263. The van der Waals surface area contributed by atoms with Crippen LogP contribution in [0.1, 0.15) is 46.0 Å². The molecule has 1 N–H and O–H groups in total. The lowest BCUT2D eigenvalue weighted by Crippen LogP contribution is -2.15. The van der Waals surface area contributed by atoms with Crippen molar-refractivity contribution in [2.75, 3.05) is 0 Å². The molecule has 0 aliphatic carbocycles. The monoisotopic (exact) mass is 403 g/mol. The van der Waals surface area contributed by atoms with Gasteiger partial charge < -0.3 is 9.40 Å². The van der Waals surface area contributed by atoms with Crippen molar-refractivity contribution in [1.82, 2.24) is 15.2 Å². The van der Waals surface area contributed by atoms with E-state index in [2.05, 4.69) is 15.2 Å². The zero-order valence-corrected chi connectivity index (χ0v) is 16.9. The van der Waals surface area contributed by atoms with Crippen molar-refractivity contribution in [3.8, 4) is 11.5 Å². The molecule has 6 nitrogen and oxygen atoms in total. The fourth-order valence-electron chi connectivity index (χ4n) is 2.90. The van der Waals surface area contributed by atoms with Gasteiger partial charge in [0, 0.05) is 21.8 Å². The first-order valence-corrected chi connectivity index (χ1v) is 9.54. The minimum absolute atomic E-state index is 0.0647. The molecule has 0 saturated heterocycles. The number of aromatic amines is 1. The lowest BCUT2D eigenvalue weighted by atomic mass is 10.0. The van der Waals surface area contributed by atoms with Crippen LogP contribution in [-0.4, -0.2) is 32.0 Å². The Labute approximate surface area is 165 Å². The number of aryl methyl sites for hydroxylation is 1. The molecule has 3 aromatic rings. The van der Waals surface area contributed by atoms with Gasteiger partial charge in [0.1, 0.15) is 0 Å². The van der Waals surface area contributed by atoms with E-state index >= 15 is 0 Å². The zero-order valence-electron chi connectivity index (χ0n) is 15.3. The van der Waals surface area contributed by atoms with Gasteiger partial charge in [0.2, 0.25) is 5.89 Å². The summed E-state index contributed by atoms with van der Waals surface area (Å²) in [6.45, 7) is 6.82.